The van der Waals surface area contributed by atoms with Gasteiger partial charge in [0.25, 0.3) is 0 Å². The van der Waals surface area contributed by atoms with Crippen molar-refractivity contribution in [1.29, 1.82) is 0 Å². The molecule has 0 aliphatic rings. The van der Waals surface area contributed by atoms with Crippen LogP contribution in [0.2, 0.25) is 5.02 Å². The summed E-state index contributed by atoms with van der Waals surface area (Å²) in [5, 5.41) is 0.661. The maximum atomic E-state index is 5.90. The normalized spacial score (nSPS) is 11.4. The van der Waals surface area contributed by atoms with Crippen LogP contribution in [-0.2, 0) is 0 Å². The van der Waals surface area contributed by atoms with Gasteiger partial charge in [-0.2, -0.15) is 0 Å². The lowest BCUT2D eigenvalue weighted by molar-refractivity contribution is 0.590. The quantitative estimate of drug-likeness (QED) is 0.666. The molecule has 0 spiro atoms. The number of nitrogens with zero attached hydrogens (tertiary/aromatic N) is 1. The van der Waals surface area contributed by atoms with E-state index < -0.39 is 0 Å². The van der Waals surface area contributed by atoms with Crippen LogP contribution in [0, 0.1) is 0 Å². The first-order valence-electron chi connectivity index (χ1n) is 5.60. The summed E-state index contributed by atoms with van der Waals surface area (Å²) in [5.74, 6) is 0.580. The van der Waals surface area contributed by atoms with Crippen LogP contribution in [-0.4, -0.2) is 4.98 Å². The Morgan fingerprint density at radius 2 is 1.83 bits per heavy atom. The number of halogens is 1. The van der Waals surface area contributed by atoms with Crippen molar-refractivity contribution in [1.82, 2.24) is 4.98 Å². The molecule has 3 rings (SSSR count). The van der Waals surface area contributed by atoms with E-state index >= 15 is 0 Å². The van der Waals surface area contributed by atoms with Gasteiger partial charge in [-0.3, -0.25) is 0 Å². The minimum absolute atomic E-state index is 0.580. The first-order chi connectivity index (χ1) is 8.81. The molecule has 0 N–H and O–H groups in total. The van der Waals surface area contributed by atoms with E-state index in [9.17, 15) is 0 Å². The zero-order chi connectivity index (χ0) is 12.4. The first-order valence-corrected chi connectivity index (χ1v) is 5.98. The van der Waals surface area contributed by atoms with E-state index in [0.29, 0.717) is 10.9 Å². The Balaban J connectivity index is 1.93. The lowest BCUT2D eigenvalue weighted by atomic mass is 10.2. The Bertz CT molecular complexity index is 701. The number of hydrogen-bond donors (Lipinski definition) is 0. The molecule has 18 heavy (non-hydrogen) atoms. The van der Waals surface area contributed by atoms with E-state index in [4.69, 9.17) is 16.0 Å². The van der Waals surface area contributed by atoms with Gasteiger partial charge in [-0.25, -0.2) is 4.98 Å². The Morgan fingerprint density at radius 1 is 1.00 bits per heavy atom. The number of hydrogen-bond acceptors (Lipinski definition) is 2. The summed E-state index contributed by atoms with van der Waals surface area (Å²) in [4.78, 5) is 4.35. The van der Waals surface area contributed by atoms with Crippen molar-refractivity contribution in [2.24, 2.45) is 0 Å². The maximum Gasteiger partial charge on any atom is 0.220 e. The third kappa shape index (κ3) is 2.29. The second-order valence-electron chi connectivity index (χ2n) is 3.91. The standard InChI is InChI=1S/C15H10ClNO/c16-12-7-8-14-13(10-12)17-15(18-14)9-6-11-4-2-1-3-5-11/h1-10H/b9-6+. The van der Waals surface area contributed by atoms with Gasteiger partial charge in [-0.15, -0.1) is 0 Å². The fourth-order valence-corrected chi connectivity index (χ4v) is 1.89. The Morgan fingerprint density at radius 3 is 2.67 bits per heavy atom. The molecule has 0 saturated heterocycles. The fourth-order valence-electron chi connectivity index (χ4n) is 1.72. The number of rotatable bonds is 2. The van der Waals surface area contributed by atoms with Gasteiger partial charge in [0.1, 0.15) is 5.52 Å². The SMILES string of the molecule is Clc1ccc2oc(/C=C/c3ccccc3)nc2c1. The molecule has 2 nitrogen and oxygen atoms in total. The molecule has 0 bridgehead atoms. The van der Waals surface area contributed by atoms with Crippen molar-refractivity contribution >= 4 is 34.9 Å². The number of fused-ring (bicyclic) bond motifs is 1. The molecule has 0 aliphatic heterocycles. The third-order valence-electron chi connectivity index (χ3n) is 2.58. The highest BCUT2D eigenvalue weighted by Crippen LogP contribution is 2.20. The molecule has 0 radical (unpaired) electrons. The van der Waals surface area contributed by atoms with E-state index in [1.54, 1.807) is 12.1 Å². The van der Waals surface area contributed by atoms with Gasteiger partial charge in [-0.1, -0.05) is 41.9 Å². The number of oxazole rings is 1. The lowest BCUT2D eigenvalue weighted by Crippen LogP contribution is -1.71. The summed E-state index contributed by atoms with van der Waals surface area (Å²) in [6.07, 6.45) is 3.82. The van der Waals surface area contributed by atoms with Crippen molar-refractivity contribution in [3.63, 3.8) is 0 Å². The van der Waals surface area contributed by atoms with Gasteiger partial charge in [0.2, 0.25) is 5.89 Å². The van der Waals surface area contributed by atoms with Crippen LogP contribution in [0.4, 0.5) is 0 Å². The molecule has 0 fully saturated rings. The van der Waals surface area contributed by atoms with Crippen LogP contribution in [0.1, 0.15) is 11.5 Å². The second kappa shape index (κ2) is 4.67. The summed E-state index contributed by atoms with van der Waals surface area (Å²) in [6, 6.07) is 15.4. The molecule has 3 heteroatoms. The largest absolute Gasteiger partial charge is 0.437 e. The summed E-state index contributed by atoms with van der Waals surface area (Å²) in [6.45, 7) is 0. The second-order valence-corrected chi connectivity index (χ2v) is 4.34. The fraction of sp³-hybridized carbons (Fsp3) is 0. The van der Waals surface area contributed by atoms with Gasteiger partial charge in [0.05, 0.1) is 0 Å². The average molecular weight is 256 g/mol. The molecule has 1 aromatic heterocycles. The molecule has 0 amide bonds. The number of benzene rings is 2. The highest BCUT2D eigenvalue weighted by Gasteiger charge is 2.02. The Hall–Kier alpha value is -2.06. The van der Waals surface area contributed by atoms with Gasteiger partial charge in [0, 0.05) is 11.1 Å². The minimum Gasteiger partial charge on any atom is -0.437 e. The first kappa shape index (κ1) is 11.1. The average Bonchev–Trinajstić information content (AvgIpc) is 2.79. The van der Waals surface area contributed by atoms with Crippen molar-refractivity contribution in [2.75, 3.05) is 0 Å². The molecule has 88 valence electrons. The van der Waals surface area contributed by atoms with Gasteiger partial charge in [-0.05, 0) is 29.8 Å². The predicted molar refractivity (Wildman–Crippen MR) is 74.4 cm³/mol. The van der Waals surface area contributed by atoms with Crippen molar-refractivity contribution in [3.05, 3.63) is 65.0 Å². The highest BCUT2D eigenvalue weighted by molar-refractivity contribution is 6.31. The maximum absolute atomic E-state index is 5.90. The van der Waals surface area contributed by atoms with Crippen LogP contribution in [0.3, 0.4) is 0 Å². The third-order valence-corrected chi connectivity index (χ3v) is 2.82. The van der Waals surface area contributed by atoms with E-state index in [1.165, 1.54) is 0 Å². The van der Waals surface area contributed by atoms with Crippen molar-refractivity contribution < 1.29 is 4.42 Å². The van der Waals surface area contributed by atoms with Crippen LogP contribution < -0.4 is 0 Å². The molecule has 3 aromatic rings. The van der Waals surface area contributed by atoms with Crippen molar-refractivity contribution in [3.8, 4) is 0 Å². The molecular weight excluding hydrogens is 246 g/mol. The molecule has 0 aliphatic carbocycles. The van der Waals surface area contributed by atoms with Crippen LogP contribution in [0.15, 0.2) is 52.9 Å². The topological polar surface area (TPSA) is 26.0 Å². The Labute approximate surface area is 110 Å². The summed E-state index contributed by atoms with van der Waals surface area (Å²) < 4.78 is 5.59. The predicted octanol–water partition coefficient (Wildman–Crippen LogP) is 4.65. The molecule has 0 unspecified atom stereocenters. The van der Waals surface area contributed by atoms with E-state index in [2.05, 4.69) is 4.98 Å². The molecule has 1 heterocycles. The molecule has 2 aromatic carbocycles. The molecule has 0 saturated carbocycles. The smallest absolute Gasteiger partial charge is 0.220 e. The van der Waals surface area contributed by atoms with Crippen LogP contribution >= 0.6 is 11.6 Å². The summed E-state index contributed by atoms with van der Waals surface area (Å²) in [5.41, 5.74) is 2.63. The zero-order valence-corrected chi connectivity index (χ0v) is 10.3. The summed E-state index contributed by atoms with van der Waals surface area (Å²) in [7, 11) is 0. The van der Waals surface area contributed by atoms with Gasteiger partial charge < -0.3 is 4.42 Å². The molecule has 0 atom stereocenters. The van der Waals surface area contributed by atoms with E-state index in [-0.39, 0.29) is 0 Å². The highest BCUT2D eigenvalue weighted by atomic mass is 35.5. The summed E-state index contributed by atoms with van der Waals surface area (Å²) >= 11 is 5.90. The Kier molecular flexibility index (Phi) is 2.87. The monoisotopic (exact) mass is 255 g/mol. The van der Waals surface area contributed by atoms with Gasteiger partial charge >= 0.3 is 0 Å². The zero-order valence-electron chi connectivity index (χ0n) is 9.51. The van der Waals surface area contributed by atoms with E-state index in [0.717, 1.165) is 16.7 Å². The number of aromatic nitrogens is 1. The lowest BCUT2D eigenvalue weighted by Gasteiger charge is -1.88. The van der Waals surface area contributed by atoms with Crippen LogP contribution in [0.25, 0.3) is 23.3 Å². The van der Waals surface area contributed by atoms with Crippen molar-refractivity contribution in [2.45, 2.75) is 0 Å². The molecular formula is C15H10ClNO. The van der Waals surface area contributed by atoms with E-state index in [1.807, 2.05) is 48.6 Å². The van der Waals surface area contributed by atoms with Crippen LogP contribution in [0.5, 0.6) is 0 Å². The van der Waals surface area contributed by atoms with Gasteiger partial charge in [0.15, 0.2) is 5.58 Å². The minimum atomic E-state index is 0.580.